The first kappa shape index (κ1) is 26.2. The third kappa shape index (κ3) is 5.00. The Balaban J connectivity index is 1.42. The number of halogens is 4. The summed E-state index contributed by atoms with van der Waals surface area (Å²) >= 11 is 6.28. The van der Waals surface area contributed by atoms with Gasteiger partial charge in [-0.15, -0.1) is 10.2 Å². The van der Waals surface area contributed by atoms with Crippen molar-refractivity contribution in [3.63, 3.8) is 0 Å². The molecule has 0 aliphatic heterocycles. The predicted octanol–water partition coefficient (Wildman–Crippen LogP) is 7.12. The average molecular weight is 566 g/mol. The smallest absolute Gasteiger partial charge is 0.420 e. The van der Waals surface area contributed by atoms with E-state index in [1.807, 2.05) is 19.2 Å². The van der Waals surface area contributed by atoms with Gasteiger partial charge in [0.15, 0.2) is 11.4 Å². The summed E-state index contributed by atoms with van der Waals surface area (Å²) in [6.45, 7) is 0.0183. The van der Waals surface area contributed by atoms with E-state index in [4.69, 9.17) is 16.0 Å². The first-order chi connectivity index (χ1) is 19.2. The van der Waals surface area contributed by atoms with Crippen molar-refractivity contribution in [2.45, 2.75) is 38.1 Å². The summed E-state index contributed by atoms with van der Waals surface area (Å²) in [5, 5.41) is 18.7. The monoisotopic (exact) mass is 565 g/mol. The minimum Gasteiger partial charge on any atom is -0.435 e. The van der Waals surface area contributed by atoms with Gasteiger partial charge in [0.1, 0.15) is 17.4 Å². The fraction of sp³-hybridized carbons (Fsp3) is 0.241. The lowest BCUT2D eigenvalue weighted by Crippen LogP contribution is -2.12. The third-order valence-electron chi connectivity index (χ3n) is 6.97. The normalized spacial score (nSPS) is 16.9. The van der Waals surface area contributed by atoms with E-state index in [0.29, 0.717) is 40.5 Å². The molecule has 1 aliphatic carbocycles. The molecule has 0 radical (unpaired) electrons. The van der Waals surface area contributed by atoms with Crippen LogP contribution in [0.2, 0.25) is 5.02 Å². The molecular weight excluding hydrogens is 543 g/mol. The zero-order valence-corrected chi connectivity index (χ0v) is 22.0. The molecule has 1 saturated carbocycles. The van der Waals surface area contributed by atoms with E-state index in [0.717, 1.165) is 29.2 Å². The number of nitrogens with zero attached hydrogens (tertiary/aromatic N) is 5. The topological polar surface area (TPSA) is 89.3 Å². The molecule has 1 N–H and O–H groups in total. The van der Waals surface area contributed by atoms with Crippen molar-refractivity contribution < 1.29 is 22.7 Å². The second-order valence-corrected chi connectivity index (χ2v) is 10.2. The molecule has 2 aromatic heterocycles. The van der Waals surface area contributed by atoms with Gasteiger partial charge in [0.25, 0.3) is 0 Å². The Kier molecular flexibility index (Phi) is 6.67. The van der Waals surface area contributed by atoms with Crippen LogP contribution in [0, 0.1) is 0 Å². The van der Waals surface area contributed by atoms with Crippen molar-refractivity contribution in [2.75, 3.05) is 0 Å². The van der Waals surface area contributed by atoms with Crippen molar-refractivity contribution >= 4 is 28.4 Å². The maximum atomic E-state index is 14.1. The molecule has 3 aromatic carbocycles. The lowest BCUT2D eigenvalue weighted by molar-refractivity contribution is -0.136. The van der Waals surface area contributed by atoms with Crippen LogP contribution in [0.1, 0.15) is 30.4 Å². The molecule has 0 saturated heterocycles. The molecule has 11 heteroatoms. The highest BCUT2D eigenvalue weighted by Gasteiger charge is 2.35. The molecule has 1 fully saturated rings. The van der Waals surface area contributed by atoms with Crippen molar-refractivity contribution in [2.24, 2.45) is 12.0 Å². The van der Waals surface area contributed by atoms with Gasteiger partial charge in [0.2, 0.25) is 5.89 Å². The second kappa shape index (κ2) is 10.2. The zero-order valence-electron chi connectivity index (χ0n) is 21.3. The van der Waals surface area contributed by atoms with Crippen LogP contribution in [0.15, 0.2) is 70.3 Å². The number of aryl methyl sites for hydroxylation is 1. The van der Waals surface area contributed by atoms with Crippen LogP contribution in [-0.2, 0) is 19.8 Å². The Morgan fingerprint density at radius 1 is 1.10 bits per heavy atom. The fourth-order valence-electron chi connectivity index (χ4n) is 5.00. The molecule has 1 atom stereocenters. The summed E-state index contributed by atoms with van der Waals surface area (Å²) in [4.78, 5) is 8.81. The number of benzene rings is 3. The minimum absolute atomic E-state index is 0.0183. The van der Waals surface area contributed by atoms with Gasteiger partial charge >= 0.3 is 6.18 Å². The van der Waals surface area contributed by atoms with Crippen LogP contribution in [-0.4, -0.2) is 36.7 Å². The van der Waals surface area contributed by atoms with Gasteiger partial charge in [-0.05, 0) is 72.4 Å². The van der Waals surface area contributed by atoms with Crippen LogP contribution < -0.4 is 0 Å². The average Bonchev–Trinajstić information content (AvgIpc) is 3.66. The highest BCUT2D eigenvalue weighted by atomic mass is 35.5. The van der Waals surface area contributed by atoms with E-state index in [-0.39, 0.29) is 23.5 Å². The number of hydrogen-bond acceptors (Lipinski definition) is 6. The Bertz CT molecular complexity index is 1760. The summed E-state index contributed by atoms with van der Waals surface area (Å²) in [7, 11) is 1.82. The fourth-order valence-corrected chi connectivity index (χ4v) is 5.18. The van der Waals surface area contributed by atoms with E-state index in [1.165, 1.54) is 0 Å². The Labute approximate surface area is 232 Å². The summed E-state index contributed by atoms with van der Waals surface area (Å²) in [5.74, 6) is 0.673. The number of oxazole rings is 1. The molecule has 0 amide bonds. The van der Waals surface area contributed by atoms with Crippen LogP contribution >= 0.6 is 11.6 Å². The molecule has 204 valence electrons. The molecule has 0 bridgehead atoms. The van der Waals surface area contributed by atoms with E-state index < -0.39 is 17.8 Å². The zero-order chi connectivity index (χ0) is 28.0. The molecule has 0 spiro atoms. The number of aromatic nitrogens is 4. The van der Waals surface area contributed by atoms with Crippen molar-refractivity contribution in [1.82, 2.24) is 19.7 Å². The van der Waals surface area contributed by atoms with Gasteiger partial charge < -0.3 is 14.1 Å². The molecule has 40 heavy (non-hydrogen) atoms. The lowest BCUT2D eigenvalue weighted by atomic mass is 9.97. The van der Waals surface area contributed by atoms with E-state index in [9.17, 15) is 18.3 Å². The lowest BCUT2D eigenvalue weighted by Gasteiger charge is -2.11. The largest absolute Gasteiger partial charge is 0.435 e. The maximum Gasteiger partial charge on any atom is 0.420 e. The number of fused-ring (bicyclic) bond motifs is 1. The van der Waals surface area contributed by atoms with Crippen LogP contribution in [0.3, 0.4) is 0 Å². The molecule has 0 unspecified atom stereocenters. The van der Waals surface area contributed by atoms with Crippen LogP contribution in [0.4, 0.5) is 13.2 Å². The predicted molar refractivity (Wildman–Crippen MR) is 146 cm³/mol. The number of rotatable bonds is 5. The minimum atomic E-state index is -4.65. The highest BCUT2D eigenvalue weighted by molar-refractivity contribution is 6.31. The summed E-state index contributed by atoms with van der Waals surface area (Å²) in [5.41, 5.74) is 2.65. The molecule has 1 aliphatic rings. The van der Waals surface area contributed by atoms with Gasteiger partial charge in [0.05, 0.1) is 12.6 Å². The molecule has 5 aromatic rings. The molecule has 7 nitrogen and oxygen atoms in total. The van der Waals surface area contributed by atoms with Crippen molar-refractivity contribution in [3.05, 3.63) is 77.1 Å². The maximum absolute atomic E-state index is 14.1. The number of aliphatic hydroxyl groups is 1. The van der Waals surface area contributed by atoms with E-state index >= 15 is 0 Å². The first-order valence-electron chi connectivity index (χ1n) is 12.6. The van der Waals surface area contributed by atoms with Crippen LogP contribution in [0.5, 0.6) is 0 Å². The second-order valence-electron chi connectivity index (χ2n) is 9.76. The first-order valence-corrected chi connectivity index (χ1v) is 13.0. The van der Waals surface area contributed by atoms with Gasteiger partial charge in [-0.1, -0.05) is 29.8 Å². The quantitative estimate of drug-likeness (QED) is 0.245. The highest BCUT2D eigenvalue weighted by Crippen LogP contribution is 2.39. The van der Waals surface area contributed by atoms with Crippen molar-refractivity contribution in [3.8, 4) is 34.0 Å². The van der Waals surface area contributed by atoms with E-state index in [1.54, 1.807) is 47.3 Å². The number of aliphatic hydroxyl groups excluding tert-OH is 1. The van der Waals surface area contributed by atoms with Crippen molar-refractivity contribution in [1.29, 1.82) is 0 Å². The van der Waals surface area contributed by atoms with Gasteiger partial charge in [-0.3, -0.25) is 4.99 Å². The summed E-state index contributed by atoms with van der Waals surface area (Å²) in [6.07, 6.45) is -1.62. The van der Waals surface area contributed by atoms with Gasteiger partial charge in [0, 0.05) is 28.9 Å². The summed E-state index contributed by atoms with van der Waals surface area (Å²) < 4.78 is 49.7. The van der Waals surface area contributed by atoms with Crippen LogP contribution in [0.25, 0.3) is 45.1 Å². The van der Waals surface area contributed by atoms with Gasteiger partial charge in [-0.2, -0.15) is 13.2 Å². The Morgan fingerprint density at radius 2 is 1.93 bits per heavy atom. The standard InChI is InChI=1S/C29H23ClF3N5O2/c1-38-15-35-37-27(38)21-13-19(30)8-9-20(21)17-4-2-5-18(12-17)28-36-24-11-16(14-34-23-6-3-7-25(23)39)10-22(26(24)40-28)29(31,32)33/h2,4-5,8-13,15,25,39H,3,6-7,14H2,1H3/t25-/m0/s1. The molecule has 6 rings (SSSR count). The third-order valence-corrected chi connectivity index (χ3v) is 7.20. The molecule has 2 heterocycles. The summed E-state index contributed by atoms with van der Waals surface area (Å²) in [6, 6.07) is 15.2. The number of aliphatic imine (C=N–C) groups is 1. The number of alkyl halides is 3. The molecular formula is C29H23ClF3N5O2. The SMILES string of the molecule is Cn1cnnc1-c1cc(Cl)ccc1-c1cccc(-c2nc3cc(CN=C4CCC[C@@H]4O)cc(C(F)(F)F)c3o2)c1. The number of hydrogen-bond donors (Lipinski definition) is 1. The Hall–Kier alpha value is -4.02. The van der Waals surface area contributed by atoms with Gasteiger partial charge in [-0.25, -0.2) is 4.98 Å². The van der Waals surface area contributed by atoms with E-state index in [2.05, 4.69) is 20.2 Å². The Morgan fingerprint density at radius 3 is 2.65 bits per heavy atom.